The molecule has 0 aromatic heterocycles. The molecule has 0 unspecified atom stereocenters. The van der Waals surface area contributed by atoms with Crippen LogP contribution in [0, 0.1) is 0 Å². The van der Waals surface area contributed by atoms with Crippen molar-refractivity contribution in [1.29, 1.82) is 0 Å². The molecule has 0 aliphatic carbocycles. The van der Waals surface area contributed by atoms with Crippen molar-refractivity contribution in [3.05, 3.63) is 64.1 Å². The van der Waals surface area contributed by atoms with Crippen molar-refractivity contribution in [2.24, 2.45) is 0 Å². The first-order chi connectivity index (χ1) is 12.0. The summed E-state index contributed by atoms with van der Waals surface area (Å²) in [5.74, 6) is -0.00913. The summed E-state index contributed by atoms with van der Waals surface area (Å²) in [4.78, 5) is 28.2. The van der Waals surface area contributed by atoms with Crippen LogP contribution in [0.2, 0.25) is 10.0 Å². The lowest BCUT2D eigenvalue weighted by Gasteiger charge is -2.34. The van der Waals surface area contributed by atoms with Gasteiger partial charge in [0.1, 0.15) is 0 Å². The number of amides is 3. The highest BCUT2D eigenvalue weighted by molar-refractivity contribution is 6.42. The Bertz CT molecular complexity index is 775. The first kappa shape index (κ1) is 17.6. The van der Waals surface area contributed by atoms with Crippen LogP contribution < -0.4 is 5.32 Å². The quantitative estimate of drug-likeness (QED) is 0.860. The molecule has 5 nitrogen and oxygen atoms in total. The van der Waals surface area contributed by atoms with Crippen LogP contribution in [0.15, 0.2) is 48.5 Å². The van der Waals surface area contributed by atoms with Crippen LogP contribution >= 0.6 is 23.2 Å². The Balaban J connectivity index is 1.55. The van der Waals surface area contributed by atoms with Crippen LogP contribution in [-0.2, 0) is 0 Å². The van der Waals surface area contributed by atoms with Gasteiger partial charge in [0.2, 0.25) is 0 Å². The number of hydrogen-bond donors (Lipinski definition) is 1. The summed E-state index contributed by atoms with van der Waals surface area (Å²) in [5, 5.41) is 3.62. The zero-order chi connectivity index (χ0) is 17.8. The third-order valence-electron chi connectivity index (χ3n) is 4.05. The molecule has 130 valence electrons. The number of anilines is 1. The Kier molecular flexibility index (Phi) is 5.46. The van der Waals surface area contributed by atoms with Gasteiger partial charge in [-0.15, -0.1) is 0 Å². The number of nitrogens with one attached hydrogen (secondary N) is 1. The maximum atomic E-state index is 12.4. The van der Waals surface area contributed by atoms with Crippen LogP contribution in [-0.4, -0.2) is 47.9 Å². The SMILES string of the molecule is O=C(Nc1ccc(Cl)c(Cl)c1)N1CCN(C(=O)c2ccccc2)CC1. The van der Waals surface area contributed by atoms with Gasteiger partial charge in [-0.1, -0.05) is 41.4 Å². The molecule has 2 aromatic rings. The molecule has 1 heterocycles. The van der Waals surface area contributed by atoms with Gasteiger partial charge < -0.3 is 15.1 Å². The van der Waals surface area contributed by atoms with E-state index in [9.17, 15) is 9.59 Å². The lowest BCUT2D eigenvalue weighted by atomic mass is 10.2. The molecule has 2 aromatic carbocycles. The molecule has 1 aliphatic rings. The Hall–Kier alpha value is -2.24. The zero-order valence-electron chi connectivity index (χ0n) is 13.4. The molecular weight excluding hydrogens is 361 g/mol. The fourth-order valence-electron chi connectivity index (χ4n) is 2.65. The second kappa shape index (κ2) is 7.76. The summed E-state index contributed by atoms with van der Waals surface area (Å²) in [6, 6.07) is 13.9. The van der Waals surface area contributed by atoms with Crippen molar-refractivity contribution in [2.45, 2.75) is 0 Å². The van der Waals surface area contributed by atoms with Gasteiger partial charge in [0, 0.05) is 37.4 Å². The van der Waals surface area contributed by atoms with Crippen LogP contribution in [0.5, 0.6) is 0 Å². The highest BCUT2D eigenvalue weighted by atomic mass is 35.5. The molecule has 25 heavy (non-hydrogen) atoms. The Morgan fingerprint density at radius 1 is 0.840 bits per heavy atom. The molecule has 3 amide bonds. The molecule has 1 N–H and O–H groups in total. The monoisotopic (exact) mass is 377 g/mol. The Labute approximate surface area is 156 Å². The van der Waals surface area contributed by atoms with E-state index in [4.69, 9.17) is 23.2 Å². The third-order valence-corrected chi connectivity index (χ3v) is 4.78. The fraction of sp³-hybridized carbons (Fsp3) is 0.222. The number of carbonyl (C=O) groups is 2. The predicted octanol–water partition coefficient (Wildman–Crippen LogP) is 3.98. The van der Waals surface area contributed by atoms with Gasteiger partial charge in [-0.25, -0.2) is 4.79 Å². The zero-order valence-corrected chi connectivity index (χ0v) is 14.9. The topological polar surface area (TPSA) is 52.7 Å². The molecule has 0 saturated carbocycles. The number of benzene rings is 2. The minimum atomic E-state index is -0.217. The maximum absolute atomic E-state index is 12.4. The van der Waals surface area contributed by atoms with Gasteiger partial charge >= 0.3 is 6.03 Å². The molecule has 0 atom stereocenters. The number of hydrogen-bond acceptors (Lipinski definition) is 2. The van der Waals surface area contributed by atoms with Crippen molar-refractivity contribution in [1.82, 2.24) is 9.80 Å². The molecule has 3 rings (SSSR count). The fourth-order valence-corrected chi connectivity index (χ4v) is 2.95. The van der Waals surface area contributed by atoms with Gasteiger partial charge in [-0.05, 0) is 30.3 Å². The van der Waals surface area contributed by atoms with E-state index in [2.05, 4.69) is 5.32 Å². The van der Waals surface area contributed by atoms with Crippen LogP contribution in [0.25, 0.3) is 0 Å². The van der Waals surface area contributed by atoms with Gasteiger partial charge in [-0.3, -0.25) is 4.79 Å². The minimum absolute atomic E-state index is 0.00913. The Morgan fingerprint density at radius 3 is 2.12 bits per heavy atom. The number of halogens is 2. The van der Waals surface area contributed by atoms with E-state index in [1.165, 1.54) is 0 Å². The summed E-state index contributed by atoms with van der Waals surface area (Å²) < 4.78 is 0. The third kappa shape index (κ3) is 4.24. The van der Waals surface area contributed by atoms with Crippen LogP contribution in [0.1, 0.15) is 10.4 Å². The van der Waals surface area contributed by atoms with Crippen molar-refractivity contribution >= 4 is 40.8 Å². The van der Waals surface area contributed by atoms with E-state index in [1.54, 1.807) is 40.1 Å². The van der Waals surface area contributed by atoms with Gasteiger partial charge in [0.25, 0.3) is 5.91 Å². The van der Waals surface area contributed by atoms with Crippen LogP contribution in [0.3, 0.4) is 0 Å². The summed E-state index contributed by atoms with van der Waals surface area (Å²) in [6.45, 7) is 1.96. The van der Waals surface area contributed by atoms with E-state index in [1.807, 2.05) is 18.2 Å². The molecule has 0 radical (unpaired) electrons. The highest BCUT2D eigenvalue weighted by Gasteiger charge is 2.24. The lowest BCUT2D eigenvalue weighted by Crippen LogP contribution is -2.51. The summed E-state index contributed by atoms with van der Waals surface area (Å²) in [5.41, 5.74) is 1.25. The van der Waals surface area contributed by atoms with Crippen molar-refractivity contribution in [3.63, 3.8) is 0 Å². The maximum Gasteiger partial charge on any atom is 0.321 e. The van der Waals surface area contributed by atoms with Crippen molar-refractivity contribution in [3.8, 4) is 0 Å². The predicted molar refractivity (Wildman–Crippen MR) is 99.4 cm³/mol. The summed E-state index contributed by atoms with van der Waals surface area (Å²) in [7, 11) is 0. The number of carbonyl (C=O) groups excluding carboxylic acids is 2. The molecular formula is C18H17Cl2N3O2. The second-order valence-electron chi connectivity index (χ2n) is 5.70. The van der Waals surface area contributed by atoms with E-state index >= 15 is 0 Å². The smallest absolute Gasteiger partial charge is 0.321 e. The van der Waals surface area contributed by atoms with Gasteiger partial charge in [0.05, 0.1) is 10.0 Å². The average molecular weight is 378 g/mol. The first-order valence-corrected chi connectivity index (χ1v) is 8.65. The molecule has 0 bridgehead atoms. The normalized spacial score (nSPS) is 14.3. The molecule has 1 saturated heterocycles. The molecule has 7 heteroatoms. The van der Waals surface area contributed by atoms with Crippen molar-refractivity contribution < 1.29 is 9.59 Å². The summed E-state index contributed by atoms with van der Waals surface area (Å²) in [6.07, 6.45) is 0. The van der Waals surface area contributed by atoms with Gasteiger partial charge in [0.15, 0.2) is 0 Å². The summed E-state index contributed by atoms with van der Waals surface area (Å²) >= 11 is 11.8. The number of rotatable bonds is 2. The van der Waals surface area contributed by atoms with E-state index in [-0.39, 0.29) is 11.9 Å². The largest absolute Gasteiger partial charge is 0.335 e. The van der Waals surface area contributed by atoms with Crippen molar-refractivity contribution in [2.75, 3.05) is 31.5 Å². The lowest BCUT2D eigenvalue weighted by molar-refractivity contribution is 0.0671. The van der Waals surface area contributed by atoms with E-state index in [0.717, 1.165) is 0 Å². The first-order valence-electron chi connectivity index (χ1n) is 7.90. The Morgan fingerprint density at radius 2 is 1.48 bits per heavy atom. The second-order valence-corrected chi connectivity index (χ2v) is 6.52. The number of urea groups is 1. The highest BCUT2D eigenvalue weighted by Crippen LogP contribution is 2.25. The molecule has 1 fully saturated rings. The molecule has 1 aliphatic heterocycles. The standard InChI is InChI=1S/C18H17Cl2N3O2/c19-15-7-6-14(12-16(15)20)21-18(25)23-10-8-22(9-11-23)17(24)13-4-2-1-3-5-13/h1-7,12H,8-11H2,(H,21,25). The minimum Gasteiger partial charge on any atom is -0.335 e. The number of piperazine rings is 1. The average Bonchev–Trinajstić information content (AvgIpc) is 2.65. The number of nitrogens with zero attached hydrogens (tertiary/aromatic N) is 2. The van der Waals surface area contributed by atoms with Gasteiger partial charge in [-0.2, -0.15) is 0 Å². The van der Waals surface area contributed by atoms with Crippen LogP contribution in [0.4, 0.5) is 10.5 Å². The van der Waals surface area contributed by atoms with E-state index < -0.39 is 0 Å². The molecule has 0 spiro atoms. The van der Waals surface area contributed by atoms with E-state index in [0.29, 0.717) is 47.5 Å².